The monoisotopic (exact) mass is 392 g/mol. The van der Waals surface area contributed by atoms with E-state index in [1.54, 1.807) is 18.2 Å². The predicted octanol–water partition coefficient (Wildman–Crippen LogP) is 4.25. The van der Waals surface area contributed by atoms with E-state index in [1.807, 2.05) is 24.3 Å². The van der Waals surface area contributed by atoms with Gasteiger partial charge in [0.1, 0.15) is 0 Å². The summed E-state index contributed by atoms with van der Waals surface area (Å²) in [6, 6.07) is 12.8. The van der Waals surface area contributed by atoms with E-state index in [2.05, 4.69) is 27.4 Å². The van der Waals surface area contributed by atoms with Gasteiger partial charge in [-0.15, -0.1) is 0 Å². The molecular weight excluding hydrogens is 379 g/mol. The molecule has 25 heavy (non-hydrogen) atoms. The normalized spacial score (nSPS) is 10.6. The molecule has 0 aliphatic rings. The van der Waals surface area contributed by atoms with E-state index >= 15 is 0 Å². The van der Waals surface area contributed by atoms with E-state index in [1.165, 1.54) is 11.8 Å². The van der Waals surface area contributed by atoms with Gasteiger partial charge in [0.2, 0.25) is 5.91 Å². The van der Waals surface area contributed by atoms with Gasteiger partial charge in [-0.2, -0.15) is 0 Å². The zero-order valence-corrected chi connectivity index (χ0v) is 15.3. The molecule has 128 valence electrons. The van der Waals surface area contributed by atoms with E-state index in [0.29, 0.717) is 20.9 Å². The first-order valence-electron chi connectivity index (χ1n) is 7.29. The summed E-state index contributed by atoms with van der Waals surface area (Å²) in [5, 5.41) is 1.58. The molecule has 0 saturated carbocycles. The number of aromatic nitrogens is 2. The van der Waals surface area contributed by atoms with Gasteiger partial charge in [0.05, 0.1) is 32.5 Å². The number of H-pyrrole nitrogens is 1. The summed E-state index contributed by atoms with van der Waals surface area (Å²) >= 11 is 13.2. The highest BCUT2D eigenvalue weighted by Gasteiger charge is 2.08. The predicted molar refractivity (Wildman–Crippen MR) is 104 cm³/mol. The average Bonchev–Trinajstić information content (AvgIpc) is 3.03. The number of aromatic amines is 1. The summed E-state index contributed by atoms with van der Waals surface area (Å²) in [4.78, 5) is 19.5. The van der Waals surface area contributed by atoms with Crippen molar-refractivity contribution in [3.8, 4) is 0 Å². The minimum Gasteiger partial charge on any atom is -0.333 e. The quantitative estimate of drug-likeness (QED) is 0.433. The number of thioether (sulfide) groups is 1. The largest absolute Gasteiger partial charge is 0.333 e. The Labute approximate surface area is 158 Å². The molecule has 0 atom stereocenters. The van der Waals surface area contributed by atoms with Crippen LogP contribution in [0.15, 0.2) is 54.2 Å². The Morgan fingerprint density at radius 2 is 1.96 bits per heavy atom. The molecule has 0 aliphatic carbocycles. The number of benzene rings is 2. The van der Waals surface area contributed by atoms with Crippen LogP contribution in [-0.2, 0) is 4.79 Å². The van der Waals surface area contributed by atoms with Crippen LogP contribution >= 0.6 is 35.0 Å². The van der Waals surface area contributed by atoms with Crippen LogP contribution in [0, 0.1) is 0 Å². The van der Waals surface area contributed by atoms with Crippen molar-refractivity contribution in [2.75, 3.05) is 5.75 Å². The first-order valence-corrected chi connectivity index (χ1v) is 9.04. The molecule has 1 aromatic heterocycles. The second-order valence-electron chi connectivity index (χ2n) is 5.13. The number of hydrogen-bond donors (Lipinski definition) is 3. The Hall–Kier alpha value is -2.15. The number of nitrogens with one attached hydrogen (secondary N) is 3. The molecule has 3 N–H and O–H groups in total. The highest BCUT2D eigenvalue weighted by Crippen LogP contribution is 2.24. The molecule has 0 bridgehead atoms. The molecule has 8 heteroatoms. The molecule has 0 unspecified atom stereocenters. The number of amides is 1. The van der Waals surface area contributed by atoms with Gasteiger partial charge in [0.25, 0.3) is 0 Å². The third kappa shape index (κ3) is 4.48. The zero-order valence-electron chi connectivity index (χ0n) is 13.0. The fourth-order valence-electron chi connectivity index (χ4n) is 2.07. The second kappa shape index (κ2) is 7.82. The molecule has 1 amide bonds. The number of rotatable bonds is 6. The van der Waals surface area contributed by atoms with Gasteiger partial charge < -0.3 is 4.98 Å². The summed E-state index contributed by atoms with van der Waals surface area (Å²) < 4.78 is 0. The van der Waals surface area contributed by atoms with Crippen molar-refractivity contribution in [3.05, 3.63) is 64.7 Å². The molecule has 3 rings (SSSR count). The molecule has 5 nitrogen and oxygen atoms in total. The van der Waals surface area contributed by atoms with E-state index < -0.39 is 0 Å². The SMILES string of the molecule is C=C(NNC(=O)CSc1nc2ccccc2[nH]1)c1ccc(Cl)c(Cl)c1. The number of hydrazine groups is 1. The Morgan fingerprint density at radius 3 is 2.72 bits per heavy atom. The van der Waals surface area contributed by atoms with Crippen molar-refractivity contribution < 1.29 is 4.79 Å². The van der Waals surface area contributed by atoms with Crippen LogP contribution in [0.2, 0.25) is 10.0 Å². The second-order valence-corrected chi connectivity index (χ2v) is 6.91. The van der Waals surface area contributed by atoms with Gasteiger partial charge in [0, 0.05) is 5.56 Å². The average molecular weight is 393 g/mol. The summed E-state index contributed by atoms with van der Waals surface area (Å²) in [7, 11) is 0. The standard InChI is InChI=1S/C17H14Cl2N4OS/c1-10(11-6-7-12(18)13(19)8-11)22-23-16(24)9-25-17-20-14-4-2-3-5-15(14)21-17/h2-8,22H,1,9H2,(H,20,21)(H,23,24). The Bertz CT molecular complexity index is 908. The van der Waals surface area contributed by atoms with Crippen LogP contribution in [0.3, 0.4) is 0 Å². The van der Waals surface area contributed by atoms with Gasteiger partial charge in [-0.1, -0.05) is 59.7 Å². The van der Waals surface area contributed by atoms with Crippen LogP contribution in [-0.4, -0.2) is 21.6 Å². The van der Waals surface area contributed by atoms with Gasteiger partial charge >= 0.3 is 0 Å². The number of carbonyl (C=O) groups is 1. The number of fused-ring (bicyclic) bond motifs is 1. The smallest absolute Gasteiger partial charge is 0.248 e. The highest BCUT2D eigenvalue weighted by molar-refractivity contribution is 7.99. The van der Waals surface area contributed by atoms with E-state index in [4.69, 9.17) is 23.2 Å². The molecule has 3 aromatic rings. The number of nitrogens with zero attached hydrogens (tertiary/aromatic N) is 1. The maximum atomic E-state index is 12.0. The van der Waals surface area contributed by atoms with Crippen molar-refractivity contribution >= 4 is 57.6 Å². The molecule has 1 heterocycles. The van der Waals surface area contributed by atoms with Gasteiger partial charge in [0.15, 0.2) is 5.16 Å². The molecule has 0 spiro atoms. The highest BCUT2D eigenvalue weighted by atomic mass is 35.5. The van der Waals surface area contributed by atoms with Crippen LogP contribution in [0.25, 0.3) is 16.7 Å². The number of carbonyl (C=O) groups excluding carboxylic acids is 1. The number of halogens is 2. The van der Waals surface area contributed by atoms with Crippen molar-refractivity contribution in [2.24, 2.45) is 0 Å². The number of imidazole rings is 1. The molecule has 0 radical (unpaired) electrons. The van der Waals surface area contributed by atoms with Crippen molar-refractivity contribution in [2.45, 2.75) is 5.16 Å². The fraction of sp³-hybridized carbons (Fsp3) is 0.0588. The van der Waals surface area contributed by atoms with Crippen molar-refractivity contribution in [1.82, 2.24) is 20.8 Å². The van der Waals surface area contributed by atoms with Crippen molar-refractivity contribution in [3.63, 3.8) is 0 Å². The molecule has 0 aliphatic heterocycles. The summed E-state index contributed by atoms with van der Waals surface area (Å²) in [6.07, 6.45) is 0. The third-order valence-corrected chi connectivity index (χ3v) is 4.94. The third-order valence-electron chi connectivity index (χ3n) is 3.33. The minimum atomic E-state index is -0.202. The summed E-state index contributed by atoms with van der Waals surface area (Å²) in [6.45, 7) is 3.86. The lowest BCUT2D eigenvalue weighted by Crippen LogP contribution is -2.37. The Kier molecular flexibility index (Phi) is 5.53. The first-order chi connectivity index (χ1) is 12.0. The maximum absolute atomic E-state index is 12.0. The van der Waals surface area contributed by atoms with Crippen LogP contribution in [0.1, 0.15) is 5.56 Å². The van der Waals surface area contributed by atoms with Crippen LogP contribution < -0.4 is 10.9 Å². The van der Waals surface area contributed by atoms with Gasteiger partial charge in [-0.25, -0.2) is 4.98 Å². The molecule has 0 fully saturated rings. The Morgan fingerprint density at radius 1 is 1.16 bits per heavy atom. The van der Waals surface area contributed by atoms with Gasteiger partial charge in [-0.05, 0) is 24.3 Å². The van der Waals surface area contributed by atoms with Gasteiger partial charge in [-0.3, -0.25) is 15.6 Å². The molecule has 2 aromatic carbocycles. The lowest BCUT2D eigenvalue weighted by molar-refractivity contribution is -0.119. The molecular formula is C17H14Cl2N4OS. The lowest BCUT2D eigenvalue weighted by Gasteiger charge is -2.11. The van der Waals surface area contributed by atoms with E-state index in [0.717, 1.165) is 16.6 Å². The zero-order chi connectivity index (χ0) is 17.8. The van der Waals surface area contributed by atoms with Crippen molar-refractivity contribution in [1.29, 1.82) is 0 Å². The van der Waals surface area contributed by atoms with Crippen LogP contribution in [0.4, 0.5) is 0 Å². The minimum absolute atomic E-state index is 0.202. The van der Waals surface area contributed by atoms with Crippen LogP contribution in [0.5, 0.6) is 0 Å². The number of hydrogen-bond acceptors (Lipinski definition) is 4. The van der Waals surface area contributed by atoms with E-state index in [9.17, 15) is 4.79 Å². The summed E-state index contributed by atoms with van der Waals surface area (Å²) in [5.41, 5.74) is 8.42. The number of para-hydroxylation sites is 2. The Balaban J connectivity index is 1.50. The summed E-state index contributed by atoms with van der Waals surface area (Å²) in [5.74, 6) is 0.00764. The molecule has 0 saturated heterocycles. The fourth-order valence-corrected chi connectivity index (χ4v) is 3.05. The lowest BCUT2D eigenvalue weighted by atomic mass is 10.2. The first kappa shape index (κ1) is 17.7. The van der Waals surface area contributed by atoms with E-state index in [-0.39, 0.29) is 11.7 Å². The maximum Gasteiger partial charge on any atom is 0.248 e. The topological polar surface area (TPSA) is 69.8 Å².